The first kappa shape index (κ1) is 9.53. The van der Waals surface area contributed by atoms with Gasteiger partial charge in [0, 0.05) is 5.33 Å². The minimum absolute atomic E-state index is 0.846. The van der Waals surface area contributed by atoms with Crippen LogP contribution in [0.3, 0.4) is 0 Å². The first-order valence-electron chi connectivity index (χ1n) is 3.97. The summed E-state index contributed by atoms with van der Waals surface area (Å²) in [6.07, 6.45) is 0. The third kappa shape index (κ3) is 1.78. The van der Waals surface area contributed by atoms with Gasteiger partial charge in [0.1, 0.15) is 0 Å². The van der Waals surface area contributed by atoms with Gasteiger partial charge in [-0.3, -0.25) is 0 Å². The van der Waals surface area contributed by atoms with Crippen LogP contribution in [0.15, 0.2) is 24.8 Å². The lowest BCUT2D eigenvalue weighted by Gasteiger charge is -2.09. The van der Waals surface area contributed by atoms with Gasteiger partial charge in [-0.05, 0) is 36.1 Å². The smallest absolute Gasteiger partial charge is 0.0283 e. The summed E-state index contributed by atoms with van der Waals surface area (Å²) in [7, 11) is 0. The van der Waals surface area contributed by atoms with Gasteiger partial charge in [0.15, 0.2) is 0 Å². The first-order valence-corrected chi connectivity index (χ1v) is 5.09. The molecule has 0 fully saturated rings. The summed E-state index contributed by atoms with van der Waals surface area (Å²) < 4.78 is 0. The summed E-state index contributed by atoms with van der Waals surface area (Å²) in [5, 5.41) is 0.846. The summed E-state index contributed by atoms with van der Waals surface area (Å²) in [5.41, 5.74) is 5.07. The van der Waals surface area contributed by atoms with Crippen LogP contribution >= 0.6 is 15.9 Å². The van der Waals surface area contributed by atoms with Crippen molar-refractivity contribution >= 4 is 21.5 Å². The van der Waals surface area contributed by atoms with E-state index in [-0.39, 0.29) is 0 Å². The second-order valence-electron chi connectivity index (χ2n) is 3.00. The van der Waals surface area contributed by atoms with E-state index in [0.717, 1.165) is 10.9 Å². The topological polar surface area (TPSA) is 0 Å². The van der Waals surface area contributed by atoms with E-state index in [2.05, 4.69) is 54.6 Å². The van der Waals surface area contributed by atoms with E-state index in [0.29, 0.717) is 0 Å². The van der Waals surface area contributed by atoms with E-state index in [9.17, 15) is 0 Å². The number of aryl methyl sites for hydroxylation is 2. The zero-order valence-corrected chi connectivity index (χ0v) is 9.11. The number of rotatable bonds is 2. The number of hydrogen-bond acceptors (Lipinski definition) is 0. The molecule has 0 heterocycles. The van der Waals surface area contributed by atoms with Gasteiger partial charge in [0.25, 0.3) is 0 Å². The Morgan fingerprint density at radius 2 is 1.83 bits per heavy atom. The van der Waals surface area contributed by atoms with Crippen LogP contribution in [0.4, 0.5) is 0 Å². The summed E-state index contributed by atoms with van der Waals surface area (Å²) >= 11 is 3.42. The van der Waals surface area contributed by atoms with Gasteiger partial charge in [-0.1, -0.05) is 40.7 Å². The molecule has 0 atom stereocenters. The Morgan fingerprint density at radius 1 is 1.33 bits per heavy atom. The van der Waals surface area contributed by atoms with Crippen molar-refractivity contribution in [3.63, 3.8) is 0 Å². The van der Waals surface area contributed by atoms with Crippen molar-refractivity contribution in [3.8, 4) is 0 Å². The van der Waals surface area contributed by atoms with E-state index >= 15 is 0 Å². The van der Waals surface area contributed by atoms with Crippen LogP contribution in [0, 0.1) is 13.8 Å². The number of alkyl halides is 1. The molecule has 0 aliphatic carbocycles. The fourth-order valence-corrected chi connectivity index (χ4v) is 1.72. The number of benzene rings is 1. The van der Waals surface area contributed by atoms with Gasteiger partial charge < -0.3 is 0 Å². The SMILES string of the molecule is C=C(CBr)c1c(C)cccc1C. The van der Waals surface area contributed by atoms with E-state index in [1.54, 1.807) is 0 Å². The summed E-state index contributed by atoms with van der Waals surface area (Å²) in [6.45, 7) is 8.26. The molecule has 0 bridgehead atoms. The zero-order chi connectivity index (χ0) is 9.14. The Kier molecular flexibility index (Phi) is 3.10. The Morgan fingerprint density at radius 3 is 2.25 bits per heavy atom. The molecule has 1 aromatic carbocycles. The largest absolute Gasteiger partial charge is 0.0944 e. The van der Waals surface area contributed by atoms with Crippen molar-refractivity contribution < 1.29 is 0 Å². The summed E-state index contributed by atoms with van der Waals surface area (Å²) in [4.78, 5) is 0. The van der Waals surface area contributed by atoms with Crippen LogP contribution in [0.1, 0.15) is 16.7 Å². The predicted octanol–water partition coefficient (Wildman–Crippen LogP) is 3.71. The molecule has 0 radical (unpaired) electrons. The molecule has 0 unspecified atom stereocenters. The van der Waals surface area contributed by atoms with Gasteiger partial charge in [-0.15, -0.1) is 0 Å². The molecule has 0 aliphatic heterocycles. The van der Waals surface area contributed by atoms with Gasteiger partial charge in [-0.2, -0.15) is 0 Å². The lowest BCUT2D eigenvalue weighted by molar-refractivity contribution is 1.33. The van der Waals surface area contributed by atoms with Crippen LogP contribution in [-0.4, -0.2) is 5.33 Å². The molecule has 1 heteroatoms. The third-order valence-electron chi connectivity index (χ3n) is 2.00. The standard InChI is InChI=1S/C11H13Br/c1-8-5-4-6-9(2)11(8)10(3)7-12/h4-6H,3,7H2,1-2H3. The number of halogens is 1. The molecule has 0 aliphatic rings. The molecule has 0 amide bonds. The van der Waals surface area contributed by atoms with Crippen molar-refractivity contribution in [2.75, 3.05) is 5.33 Å². The molecule has 0 saturated heterocycles. The lowest BCUT2D eigenvalue weighted by atomic mass is 9.98. The highest BCUT2D eigenvalue weighted by molar-refractivity contribution is 9.09. The van der Waals surface area contributed by atoms with Crippen molar-refractivity contribution in [2.45, 2.75) is 13.8 Å². The molecule has 0 saturated carbocycles. The lowest BCUT2D eigenvalue weighted by Crippen LogP contribution is -1.92. The maximum absolute atomic E-state index is 4.02. The van der Waals surface area contributed by atoms with Crippen molar-refractivity contribution in [3.05, 3.63) is 41.5 Å². The van der Waals surface area contributed by atoms with Crippen LogP contribution < -0.4 is 0 Å². The summed E-state index contributed by atoms with van der Waals surface area (Å²) in [5.74, 6) is 0. The highest BCUT2D eigenvalue weighted by atomic mass is 79.9. The van der Waals surface area contributed by atoms with Crippen LogP contribution in [0.25, 0.3) is 5.57 Å². The zero-order valence-electron chi connectivity index (χ0n) is 7.52. The predicted molar refractivity (Wildman–Crippen MR) is 58.7 cm³/mol. The molecule has 12 heavy (non-hydrogen) atoms. The maximum Gasteiger partial charge on any atom is 0.0283 e. The maximum atomic E-state index is 4.02. The van der Waals surface area contributed by atoms with Crippen LogP contribution in [-0.2, 0) is 0 Å². The third-order valence-corrected chi connectivity index (χ3v) is 2.67. The van der Waals surface area contributed by atoms with E-state index in [4.69, 9.17) is 0 Å². The average Bonchev–Trinajstić information content (AvgIpc) is 2.03. The molecular weight excluding hydrogens is 212 g/mol. The normalized spacial score (nSPS) is 9.92. The molecule has 0 spiro atoms. The Hall–Kier alpha value is -0.560. The minimum Gasteiger partial charge on any atom is -0.0944 e. The fourth-order valence-electron chi connectivity index (χ4n) is 1.44. The number of allylic oxidation sites excluding steroid dienone is 1. The van der Waals surface area contributed by atoms with E-state index in [1.807, 2.05) is 0 Å². The molecule has 1 rings (SSSR count). The van der Waals surface area contributed by atoms with Gasteiger partial charge in [0.05, 0.1) is 0 Å². The highest BCUT2D eigenvalue weighted by Crippen LogP contribution is 2.22. The minimum atomic E-state index is 0.846. The Balaban J connectivity index is 3.21. The first-order chi connectivity index (χ1) is 5.66. The van der Waals surface area contributed by atoms with Crippen molar-refractivity contribution in [1.82, 2.24) is 0 Å². The summed E-state index contributed by atoms with van der Waals surface area (Å²) in [6, 6.07) is 6.32. The van der Waals surface area contributed by atoms with Gasteiger partial charge in [-0.25, -0.2) is 0 Å². The monoisotopic (exact) mass is 224 g/mol. The fraction of sp³-hybridized carbons (Fsp3) is 0.273. The molecule has 1 aromatic rings. The van der Waals surface area contributed by atoms with Crippen LogP contribution in [0.2, 0.25) is 0 Å². The van der Waals surface area contributed by atoms with E-state index in [1.165, 1.54) is 16.7 Å². The molecular formula is C11H13Br. The second-order valence-corrected chi connectivity index (χ2v) is 3.56. The van der Waals surface area contributed by atoms with Crippen molar-refractivity contribution in [2.24, 2.45) is 0 Å². The van der Waals surface area contributed by atoms with Crippen LogP contribution in [0.5, 0.6) is 0 Å². The second kappa shape index (κ2) is 3.90. The molecule has 64 valence electrons. The van der Waals surface area contributed by atoms with E-state index < -0.39 is 0 Å². The highest BCUT2D eigenvalue weighted by Gasteiger charge is 2.03. The van der Waals surface area contributed by atoms with Gasteiger partial charge in [0.2, 0.25) is 0 Å². The molecule has 0 N–H and O–H groups in total. The van der Waals surface area contributed by atoms with Crippen molar-refractivity contribution in [1.29, 1.82) is 0 Å². The Bertz CT molecular complexity index is 280. The molecule has 0 nitrogen and oxygen atoms in total. The average molecular weight is 225 g/mol. The Labute approximate surface area is 82.4 Å². The quantitative estimate of drug-likeness (QED) is 0.673. The molecule has 0 aromatic heterocycles. The number of hydrogen-bond donors (Lipinski definition) is 0. The van der Waals surface area contributed by atoms with Gasteiger partial charge >= 0.3 is 0 Å².